The highest BCUT2D eigenvalue weighted by atomic mass is 19.4. The van der Waals surface area contributed by atoms with Crippen molar-refractivity contribution in [2.75, 3.05) is 19.0 Å². The minimum atomic E-state index is -4.68. The van der Waals surface area contributed by atoms with E-state index < -0.39 is 23.6 Å². The minimum Gasteiger partial charge on any atom is -0.481 e. The molecule has 0 radical (unpaired) electrons. The number of carbonyl (C=O) groups excluding carboxylic acids is 2. The zero-order chi connectivity index (χ0) is 26.1. The Morgan fingerprint density at radius 1 is 1.06 bits per heavy atom. The summed E-state index contributed by atoms with van der Waals surface area (Å²) in [6.45, 7) is -0.187. The van der Waals surface area contributed by atoms with Gasteiger partial charge in [0.2, 0.25) is 5.88 Å². The number of methoxy groups -OCH3 is 1. The largest absolute Gasteiger partial charge is 0.481 e. The molecule has 3 aromatic rings. The van der Waals surface area contributed by atoms with Gasteiger partial charge in [0, 0.05) is 24.4 Å². The van der Waals surface area contributed by atoms with Crippen molar-refractivity contribution in [2.24, 2.45) is 0 Å². The lowest BCUT2D eigenvalue weighted by Crippen LogP contribution is -2.15. The number of hydrogen-bond acceptors (Lipinski definition) is 6. The molecule has 2 aromatic carbocycles. The number of para-hydroxylation sites is 1. The van der Waals surface area contributed by atoms with E-state index in [9.17, 15) is 27.2 Å². The van der Waals surface area contributed by atoms with Crippen molar-refractivity contribution in [1.29, 1.82) is 0 Å². The summed E-state index contributed by atoms with van der Waals surface area (Å²) in [7, 11) is 1.39. The van der Waals surface area contributed by atoms with Crippen LogP contribution in [0.3, 0.4) is 0 Å². The number of rotatable bonds is 8. The number of ether oxygens (including phenoxy) is 3. The summed E-state index contributed by atoms with van der Waals surface area (Å²) in [5.41, 5.74) is -0.425. The molecule has 0 unspecified atom stereocenters. The molecule has 1 amide bonds. The van der Waals surface area contributed by atoms with Crippen molar-refractivity contribution in [1.82, 2.24) is 4.98 Å². The summed E-state index contributed by atoms with van der Waals surface area (Å²) >= 11 is 0. The molecule has 1 aromatic heterocycles. The second-order valence-electron chi connectivity index (χ2n) is 7.06. The third kappa shape index (κ3) is 6.96. The van der Waals surface area contributed by atoms with Crippen molar-refractivity contribution >= 4 is 17.6 Å². The number of alkyl halides is 3. The first-order valence-electron chi connectivity index (χ1n) is 10.3. The van der Waals surface area contributed by atoms with Gasteiger partial charge in [0.1, 0.15) is 17.7 Å². The Kier molecular flexibility index (Phi) is 8.46. The SMILES string of the molecule is COc1cc(NC(=O)c2ccc(C(F)(F)F)cc2Oc2ccccc2CCOC(=O)C#CF)ccn1. The number of pyridine rings is 1. The van der Waals surface area contributed by atoms with Gasteiger partial charge in [0.05, 0.1) is 30.8 Å². The first kappa shape index (κ1) is 26.0. The lowest BCUT2D eigenvalue weighted by Gasteiger charge is -2.16. The average molecular weight is 502 g/mol. The average Bonchev–Trinajstić information content (AvgIpc) is 2.84. The van der Waals surface area contributed by atoms with E-state index in [1.165, 1.54) is 31.5 Å². The molecule has 0 spiro atoms. The van der Waals surface area contributed by atoms with Gasteiger partial charge in [0.15, 0.2) is 0 Å². The van der Waals surface area contributed by atoms with Crippen LogP contribution in [-0.4, -0.2) is 30.6 Å². The molecular weight excluding hydrogens is 484 g/mol. The lowest BCUT2D eigenvalue weighted by molar-refractivity contribution is -0.138. The van der Waals surface area contributed by atoms with Crippen LogP contribution < -0.4 is 14.8 Å². The van der Waals surface area contributed by atoms with Crippen molar-refractivity contribution in [2.45, 2.75) is 12.6 Å². The van der Waals surface area contributed by atoms with Gasteiger partial charge in [0.25, 0.3) is 5.91 Å². The summed E-state index contributed by atoms with van der Waals surface area (Å²) in [6, 6.07) is 11.7. The molecule has 186 valence electrons. The molecule has 0 aliphatic carbocycles. The van der Waals surface area contributed by atoms with Crippen LogP contribution in [0.1, 0.15) is 21.5 Å². The molecule has 0 saturated carbocycles. The maximum absolute atomic E-state index is 13.4. The molecule has 0 atom stereocenters. The van der Waals surface area contributed by atoms with E-state index in [0.29, 0.717) is 11.3 Å². The molecule has 7 nitrogen and oxygen atoms in total. The number of nitrogens with zero attached hydrogens (tertiary/aromatic N) is 1. The number of amides is 1. The summed E-state index contributed by atoms with van der Waals surface area (Å²) in [5.74, 6) is -0.217. The predicted octanol–water partition coefficient (Wildman–Crippen LogP) is 5.17. The smallest absolute Gasteiger partial charge is 0.416 e. The summed E-state index contributed by atoms with van der Waals surface area (Å²) in [4.78, 5) is 28.1. The standard InChI is InChI=1S/C25H18F4N2O5/c1-34-22-15-18(9-12-30-22)31-24(33)19-7-6-17(25(27,28)29)14-21(19)36-20-5-3-2-4-16(20)10-13-35-23(32)8-11-26/h2-7,9,12,14-15H,10,13H2,1H3,(H,30,31,33). The minimum absolute atomic E-state index is 0.0905. The van der Waals surface area contributed by atoms with E-state index in [1.807, 2.05) is 0 Å². The van der Waals surface area contributed by atoms with Crippen molar-refractivity contribution in [3.63, 3.8) is 0 Å². The highest BCUT2D eigenvalue weighted by Crippen LogP contribution is 2.36. The Morgan fingerprint density at radius 2 is 1.83 bits per heavy atom. The van der Waals surface area contributed by atoms with Gasteiger partial charge >= 0.3 is 12.1 Å². The maximum atomic E-state index is 13.4. The van der Waals surface area contributed by atoms with Crippen LogP contribution in [0.2, 0.25) is 0 Å². The molecule has 0 aliphatic heterocycles. The number of benzene rings is 2. The van der Waals surface area contributed by atoms with Gasteiger partial charge in [-0.3, -0.25) is 4.79 Å². The van der Waals surface area contributed by atoms with Gasteiger partial charge in [-0.1, -0.05) is 18.2 Å². The maximum Gasteiger partial charge on any atom is 0.416 e. The fraction of sp³-hybridized carbons (Fsp3) is 0.160. The molecule has 0 fully saturated rings. The van der Waals surface area contributed by atoms with Gasteiger partial charge in [-0.25, -0.2) is 9.78 Å². The van der Waals surface area contributed by atoms with Crippen molar-refractivity contribution in [3.05, 3.63) is 77.5 Å². The topological polar surface area (TPSA) is 86.8 Å². The summed E-state index contributed by atoms with van der Waals surface area (Å²) in [6.07, 6.45) is -2.27. The van der Waals surface area contributed by atoms with Crippen LogP contribution in [0.15, 0.2) is 60.8 Å². The lowest BCUT2D eigenvalue weighted by atomic mass is 10.1. The van der Waals surface area contributed by atoms with Gasteiger partial charge < -0.3 is 19.5 Å². The molecule has 11 heteroatoms. The van der Waals surface area contributed by atoms with E-state index in [0.717, 1.165) is 24.4 Å². The fourth-order valence-corrected chi connectivity index (χ4v) is 3.02. The molecule has 0 saturated heterocycles. The zero-order valence-electron chi connectivity index (χ0n) is 18.7. The van der Waals surface area contributed by atoms with Crippen LogP contribution in [0.4, 0.5) is 23.2 Å². The van der Waals surface area contributed by atoms with E-state index in [1.54, 1.807) is 24.1 Å². The van der Waals surface area contributed by atoms with Crippen molar-refractivity contribution < 1.29 is 41.4 Å². The van der Waals surface area contributed by atoms with Crippen LogP contribution >= 0.6 is 0 Å². The van der Waals surface area contributed by atoms with E-state index in [4.69, 9.17) is 14.2 Å². The van der Waals surface area contributed by atoms with Crippen LogP contribution in [0.5, 0.6) is 17.4 Å². The Balaban J connectivity index is 1.90. The number of carbonyl (C=O) groups is 2. The van der Waals surface area contributed by atoms with Crippen LogP contribution in [0, 0.1) is 12.1 Å². The van der Waals surface area contributed by atoms with E-state index in [2.05, 4.69) is 10.3 Å². The Hall–Kier alpha value is -4.59. The molecule has 0 bridgehead atoms. The number of aromatic nitrogens is 1. The number of nitrogens with one attached hydrogen (secondary N) is 1. The number of esters is 1. The molecular formula is C25H18F4N2O5. The highest BCUT2D eigenvalue weighted by Gasteiger charge is 2.32. The molecule has 3 rings (SSSR count). The first-order valence-corrected chi connectivity index (χ1v) is 10.3. The number of halogens is 4. The molecule has 0 aliphatic rings. The molecule has 1 N–H and O–H groups in total. The second-order valence-corrected chi connectivity index (χ2v) is 7.06. The van der Waals surface area contributed by atoms with E-state index in [-0.39, 0.29) is 36.0 Å². The number of hydrogen-bond donors (Lipinski definition) is 1. The quantitative estimate of drug-likeness (QED) is 0.260. The van der Waals surface area contributed by atoms with Gasteiger partial charge in [-0.15, -0.1) is 4.39 Å². The fourth-order valence-electron chi connectivity index (χ4n) is 3.02. The Morgan fingerprint density at radius 3 is 2.56 bits per heavy atom. The Bertz CT molecular complexity index is 1320. The van der Waals surface area contributed by atoms with Gasteiger partial charge in [-0.2, -0.15) is 13.2 Å². The van der Waals surface area contributed by atoms with Crippen LogP contribution in [-0.2, 0) is 22.1 Å². The van der Waals surface area contributed by atoms with Crippen LogP contribution in [0.25, 0.3) is 0 Å². The third-order valence-electron chi connectivity index (χ3n) is 4.70. The third-order valence-corrected chi connectivity index (χ3v) is 4.70. The number of anilines is 1. The van der Waals surface area contributed by atoms with Crippen molar-refractivity contribution in [3.8, 4) is 29.5 Å². The molecule has 1 heterocycles. The molecule has 36 heavy (non-hydrogen) atoms. The Labute approximate surface area is 203 Å². The second kappa shape index (κ2) is 11.7. The normalized spacial score (nSPS) is 10.6. The summed E-state index contributed by atoms with van der Waals surface area (Å²) in [5, 5.41) is 2.57. The van der Waals surface area contributed by atoms with Gasteiger partial charge in [-0.05, 0) is 35.9 Å². The predicted molar refractivity (Wildman–Crippen MR) is 120 cm³/mol. The first-order chi connectivity index (χ1) is 17.2. The van der Waals surface area contributed by atoms with E-state index >= 15 is 0 Å². The highest BCUT2D eigenvalue weighted by molar-refractivity contribution is 6.06. The summed E-state index contributed by atoms with van der Waals surface area (Å²) < 4.78 is 67.6. The zero-order valence-corrected chi connectivity index (χ0v) is 18.7. The monoisotopic (exact) mass is 502 g/mol.